The lowest BCUT2D eigenvalue weighted by Gasteiger charge is -2.47. The maximum absolute atomic E-state index is 12.4. The molecule has 2 amide bonds. The van der Waals surface area contributed by atoms with Crippen LogP contribution in [0, 0.1) is 0 Å². The van der Waals surface area contributed by atoms with E-state index in [0.29, 0.717) is 12.8 Å². The molecule has 0 bridgehead atoms. The Kier molecular flexibility index (Phi) is 4.17. The van der Waals surface area contributed by atoms with Crippen LogP contribution in [0.4, 0.5) is 0 Å². The number of hydrogen-bond donors (Lipinski definition) is 1. The largest absolute Gasteiger partial charge is 0.343 e. The van der Waals surface area contributed by atoms with Crippen LogP contribution in [0.25, 0.3) is 0 Å². The normalized spacial score (nSPS) is 26.1. The number of piperazine rings is 1. The molecule has 1 heterocycles. The van der Waals surface area contributed by atoms with Crippen molar-refractivity contribution in [1.29, 1.82) is 0 Å². The molecule has 17 heavy (non-hydrogen) atoms. The molecule has 0 spiro atoms. The van der Waals surface area contributed by atoms with Crippen LogP contribution < -0.4 is 5.32 Å². The minimum absolute atomic E-state index is 0.0134. The zero-order valence-electron chi connectivity index (χ0n) is 11.5. The highest BCUT2D eigenvalue weighted by atomic mass is 16.2. The van der Waals surface area contributed by atoms with E-state index >= 15 is 0 Å². The fourth-order valence-corrected chi connectivity index (χ4v) is 2.30. The number of carbonyl (C=O) groups excluding carboxylic acids is 2. The van der Waals surface area contributed by atoms with Gasteiger partial charge in [0.05, 0.1) is 0 Å². The minimum Gasteiger partial charge on any atom is -0.343 e. The number of amides is 2. The van der Waals surface area contributed by atoms with E-state index in [4.69, 9.17) is 0 Å². The molecule has 2 atom stereocenters. The van der Waals surface area contributed by atoms with Crippen molar-refractivity contribution >= 4 is 11.8 Å². The summed E-state index contributed by atoms with van der Waals surface area (Å²) < 4.78 is 0. The predicted octanol–water partition coefficient (Wildman–Crippen LogP) is 1.69. The summed E-state index contributed by atoms with van der Waals surface area (Å²) in [5.41, 5.74) is -0.261. The average molecular weight is 240 g/mol. The van der Waals surface area contributed by atoms with E-state index in [0.717, 1.165) is 6.42 Å². The zero-order chi connectivity index (χ0) is 13.2. The first kappa shape index (κ1) is 14.0. The molecule has 98 valence electrons. The van der Waals surface area contributed by atoms with Crippen molar-refractivity contribution in [1.82, 2.24) is 10.2 Å². The lowest BCUT2D eigenvalue weighted by Crippen LogP contribution is -2.67. The van der Waals surface area contributed by atoms with Gasteiger partial charge in [-0.25, -0.2) is 0 Å². The molecule has 4 heteroatoms. The SMILES string of the molecule is CCC1NC(=O)C(CC)N(C(C)(C)CC)C1=O. The zero-order valence-corrected chi connectivity index (χ0v) is 11.5. The van der Waals surface area contributed by atoms with Gasteiger partial charge in [-0.3, -0.25) is 9.59 Å². The Balaban J connectivity index is 3.09. The average Bonchev–Trinajstić information content (AvgIpc) is 2.30. The van der Waals surface area contributed by atoms with Crippen molar-refractivity contribution < 1.29 is 9.59 Å². The lowest BCUT2D eigenvalue weighted by atomic mass is 9.91. The van der Waals surface area contributed by atoms with Gasteiger partial charge in [0.25, 0.3) is 0 Å². The van der Waals surface area contributed by atoms with E-state index in [1.165, 1.54) is 0 Å². The van der Waals surface area contributed by atoms with Gasteiger partial charge < -0.3 is 10.2 Å². The van der Waals surface area contributed by atoms with Crippen LogP contribution in [0.2, 0.25) is 0 Å². The van der Waals surface area contributed by atoms with Crippen LogP contribution in [0.5, 0.6) is 0 Å². The second-order valence-electron chi connectivity index (χ2n) is 5.27. The highest BCUT2D eigenvalue weighted by Gasteiger charge is 2.44. The van der Waals surface area contributed by atoms with Crippen molar-refractivity contribution in [3.05, 3.63) is 0 Å². The summed E-state index contributed by atoms with van der Waals surface area (Å²) in [6, 6.07) is -0.670. The molecular weight excluding hydrogens is 216 g/mol. The van der Waals surface area contributed by atoms with Gasteiger partial charge in [0.2, 0.25) is 11.8 Å². The van der Waals surface area contributed by atoms with Gasteiger partial charge in [-0.1, -0.05) is 20.8 Å². The molecule has 2 unspecified atom stereocenters. The van der Waals surface area contributed by atoms with Gasteiger partial charge in [-0.05, 0) is 33.1 Å². The van der Waals surface area contributed by atoms with Crippen molar-refractivity contribution in [3.63, 3.8) is 0 Å². The molecule has 1 rings (SSSR count). The monoisotopic (exact) mass is 240 g/mol. The Bertz CT molecular complexity index is 313. The molecule has 0 aromatic heterocycles. The summed E-state index contributed by atoms with van der Waals surface area (Å²) in [6.07, 6.45) is 2.16. The molecule has 0 aromatic carbocycles. The molecule has 0 aromatic rings. The minimum atomic E-state index is -0.351. The van der Waals surface area contributed by atoms with Crippen LogP contribution >= 0.6 is 0 Å². The summed E-state index contributed by atoms with van der Waals surface area (Å²) in [7, 11) is 0. The highest BCUT2D eigenvalue weighted by molar-refractivity contribution is 5.97. The van der Waals surface area contributed by atoms with E-state index in [9.17, 15) is 9.59 Å². The fraction of sp³-hybridized carbons (Fsp3) is 0.846. The topological polar surface area (TPSA) is 49.4 Å². The Labute approximate surface area is 104 Å². The fourth-order valence-electron chi connectivity index (χ4n) is 2.30. The molecule has 1 N–H and O–H groups in total. The Hall–Kier alpha value is -1.06. The van der Waals surface area contributed by atoms with Crippen LogP contribution in [-0.4, -0.2) is 34.3 Å². The second-order valence-corrected chi connectivity index (χ2v) is 5.27. The molecule has 1 saturated heterocycles. The third-order valence-corrected chi connectivity index (χ3v) is 3.78. The first-order valence-corrected chi connectivity index (χ1v) is 6.52. The molecule has 0 aliphatic carbocycles. The quantitative estimate of drug-likeness (QED) is 0.813. The van der Waals surface area contributed by atoms with Crippen molar-refractivity contribution in [2.45, 2.75) is 71.5 Å². The highest BCUT2D eigenvalue weighted by Crippen LogP contribution is 2.27. The molecule has 1 aliphatic rings. The molecule has 4 nitrogen and oxygen atoms in total. The number of nitrogens with zero attached hydrogens (tertiary/aromatic N) is 1. The number of carbonyl (C=O) groups is 2. The second kappa shape index (κ2) is 5.07. The Morgan fingerprint density at radius 1 is 1.18 bits per heavy atom. The van der Waals surface area contributed by atoms with E-state index in [-0.39, 0.29) is 29.4 Å². The first-order chi connectivity index (χ1) is 7.88. The van der Waals surface area contributed by atoms with Gasteiger partial charge >= 0.3 is 0 Å². The first-order valence-electron chi connectivity index (χ1n) is 6.52. The number of nitrogens with one attached hydrogen (secondary N) is 1. The van der Waals surface area contributed by atoms with E-state index < -0.39 is 0 Å². The van der Waals surface area contributed by atoms with Gasteiger partial charge in [0.1, 0.15) is 12.1 Å². The molecule has 0 radical (unpaired) electrons. The Morgan fingerprint density at radius 3 is 2.18 bits per heavy atom. The third-order valence-electron chi connectivity index (χ3n) is 3.78. The van der Waals surface area contributed by atoms with Gasteiger partial charge in [0.15, 0.2) is 0 Å². The van der Waals surface area contributed by atoms with Crippen LogP contribution in [0.1, 0.15) is 53.9 Å². The summed E-state index contributed by atoms with van der Waals surface area (Å²) in [5, 5.41) is 2.81. The maximum atomic E-state index is 12.4. The summed E-state index contributed by atoms with van der Waals surface area (Å²) in [4.78, 5) is 26.2. The summed E-state index contributed by atoms with van der Waals surface area (Å²) in [5.74, 6) is 0.0475. The van der Waals surface area contributed by atoms with Crippen LogP contribution in [0.3, 0.4) is 0 Å². The van der Waals surface area contributed by atoms with E-state index in [1.807, 2.05) is 34.6 Å². The van der Waals surface area contributed by atoms with E-state index in [1.54, 1.807) is 4.90 Å². The summed E-state index contributed by atoms with van der Waals surface area (Å²) >= 11 is 0. The van der Waals surface area contributed by atoms with Crippen molar-refractivity contribution in [2.24, 2.45) is 0 Å². The van der Waals surface area contributed by atoms with Crippen LogP contribution in [-0.2, 0) is 9.59 Å². The third kappa shape index (κ3) is 2.45. The number of rotatable bonds is 4. The summed E-state index contributed by atoms with van der Waals surface area (Å²) in [6.45, 7) is 9.97. The van der Waals surface area contributed by atoms with E-state index in [2.05, 4.69) is 5.32 Å². The van der Waals surface area contributed by atoms with Crippen molar-refractivity contribution in [2.75, 3.05) is 0 Å². The molecule has 1 fully saturated rings. The molecule has 1 aliphatic heterocycles. The smallest absolute Gasteiger partial charge is 0.246 e. The van der Waals surface area contributed by atoms with Crippen molar-refractivity contribution in [3.8, 4) is 0 Å². The van der Waals surface area contributed by atoms with Gasteiger partial charge in [-0.15, -0.1) is 0 Å². The lowest BCUT2D eigenvalue weighted by molar-refractivity contribution is -0.156. The van der Waals surface area contributed by atoms with Gasteiger partial charge in [-0.2, -0.15) is 0 Å². The molecular formula is C13H24N2O2. The van der Waals surface area contributed by atoms with Crippen LogP contribution in [0.15, 0.2) is 0 Å². The maximum Gasteiger partial charge on any atom is 0.246 e. The predicted molar refractivity (Wildman–Crippen MR) is 67.5 cm³/mol. The van der Waals surface area contributed by atoms with Gasteiger partial charge in [0, 0.05) is 5.54 Å². The Morgan fingerprint density at radius 2 is 1.76 bits per heavy atom. The molecule has 0 saturated carbocycles. The standard InChI is InChI=1S/C13H24N2O2/c1-6-9-12(17)15(13(4,5)8-3)10(7-2)11(16)14-9/h9-10H,6-8H2,1-5H3,(H,14,16). The number of hydrogen-bond acceptors (Lipinski definition) is 2.